The summed E-state index contributed by atoms with van der Waals surface area (Å²) in [6, 6.07) is 17.6. The van der Waals surface area contributed by atoms with Crippen LogP contribution >= 0.6 is 0 Å². The van der Waals surface area contributed by atoms with Crippen molar-refractivity contribution in [1.82, 2.24) is 29.8 Å². The van der Waals surface area contributed by atoms with Crippen molar-refractivity contribution in [3.63, 3.8) is 0 Å². The predicted molar refractivity (Wildman–Crippen MR) is 188 cm³/mol. The molecule has 0 atom stereocenters. The minimum Gasteiger partial charge on any atom is -0.459 e. The molecule has 0 spiro atoms. The summed E-state index contributed by atoms with van der Waals surface area (Å²) in [6.45, 7) is 7.91. The van der Waals surface area contributed by atoms with Gasteiger partial charge < -0.3 is 19.4 Å². The molecule has 0 aliphatic rings. The van der Waals surface area contributed by atoms with Crippen molar-refractivity contribution in [1.29, 1.82) is 5.41 Å². The number of amides is 2. The van der Waals surface area contributed by atoms with Crippen LogP contribution in [0, 0.1) is 26.2 Å². The van der Waals surface area contributed by atoms with Gasteiger partial charge in [-0.15, -0.1) is 0 Å². The number of rotatable bonds is 12. The number of esters is 1. The molecule has 0 radical (unpaired) electrons. The maximum absolute atomic E-state index is 13.9. The van der Waals surface area contributed by atoms with Crippen molar-refractivity contribution in [2.45, 2.75) is 47.3 Å². The number of aryl methyl sites for hydroxylation is 4. The van der Waals surface area contributed by atoms with Gasteiger partial charge in [0.15, 0.2) is 0 Å². The van der Waals surface area contributed by atoms with E-state index in [1.165, 1.54) is 4.90 Å². The van der Waals surface area contributed by atoms with Crippen LogP contribution in [0.1, 0.15) is 57.9 Å². The smallest absolute Gasteiger partial charge is 0.412 e. The Kier molecular flexibility index (Phi) is 11.1. The van der Waals surface area contributed by atoms with Crippen LogP contribution in [0.2, 0.25) is 0 Å². The minimum atomic E-state index is -0.675. The fourth-order valence-corrected chi connectivity index (χ4v) is 5.13. The number of anilines is 2. The van der Waals surface area contributed by atoms with E-state index in [1.54, 1.807) is 67.7 Å². The number of carbonyl (C=O) groups is 3. The van der Waals surface area contributed by atoms with Gasteiger partial charge in [0.1, 0.15) is 24.1 Å². The zero-order chi connectivity index (χ0) is 35.8. The van der Waals surface area contributed by atoms with Crippen LogP contribution in [0.15, 0.2) is 66.9 Å². The van der Waals surface area contributed by atoms with E-state index in [-0.39, 0.29) is 37.9 Å². The average Bonchev–Trinajstić information content (AvgIpc) is 3.43. The number of alkyl carbamates (subject to hydrolysis) is 1. The third-order valence-corrected chi connectivity index (χ3v) is 8.01. The molecule has 0 unspecified atom stereocenters. The highest BCUT2D eigenvalue weighted by atomic mass is 16.5. The summed E-state index contributed by atoms with van der Waals surface area (Å²) >= 11 is 0. The van der Waals surface area contributed by atoms with Crippen LogP contribution in [0.3, 0.4) is 0 Å². The van der Waals surface area contributed by atoms with Gasteiger partial charge in [-0.1, -0.05) is 6.07 Å². The van der Waals surface area contributed by atoms with Gasteiger partial charge in [0.2, 0.25) is 0 Å². The normalized spacial score (nSPS) is 10.8. The number of ether oxygens (including phenoxy) is 2. The van der Waals surface area contributed by atoms with Gasteiger partial charge in [0, 0.05) is 36.6 Å². The van der Waals surface area contributed by atoms with Gasteiger partial charge in [-0.3, -0.25) is 35.2 Å². The lowest BCUT2D eigenvalue weighted by molar-refractivity contribution is -0.144. The lowest BCUT2D eigenvalue weighted by Crippen LogP contribution is -2.34. The number of imidazole rings is 1. The molecule has 0 saturated heterocycles. The highest BCUT2D eigenvalue weighted by molar-refractivity contribution is 6.07. The number of nitrogens with zero attached hydrogens (tertiary/aromatic N) is 6. The van der Waals surface area contributed by atoms with Crippen molar-refractivity contribution in [2.24, 2.45) is 7.05 Å². The van der Waals surface area contributed by atoms with E-state index in [0.29, 0.717) is 40.4 Å². The van der Waals surface area contributed by atoms with Crippen molar-refractivity contribution in [2.75, 3.05) is 23.4 Å². The number of hydrogen-bond donors (Lipinski definition) is 3. The zero-order valence-electron chi connectivity index (χ0n) is 28.6. The molecule has 0 aliphatic heterocycles. The molecule has 5 rings (SSSR count). The molecule has 50 heavy (non-hydrogen) atoms. The maximum Gasteiger partial charge on any atom is 0.412 e. The topological polar surface area (TPSA) is 177 Å². The summed E-state index contributed by atoms with van der Waals surface area (Å²) in [5, 5.41) is 13.8. The third kappa shape index (κ3) is 8.45. The molecule has 258 valence electrons. The molecule has 0 fully saturated rings. The fourth-order valence-electron chi connectivity index (χ4n) is 5.13. The van der Waals surface area contributed by atoms with Crippen molar-refractivity contribution < 1.29 is 23.9 Å². The van der Waals surface area contributed by atoms with Crippen LogP contribution in [0.25, 0.3) is 11.0 Å². The molecule has 3 aromatic heterocycles. The van der Waals surface area contributed by atoms with E-state index in [9.17, 15) is 14.4 Å². The highest BCUT2D eigenvalue weighted by Gasteiger charge is 2.22. The molecule has 0 bridgehead atoms. The molecule has 3 N–H and O–H groups in total. The van der Waals surface area contributed by atoms with Crippen molar-refractivity contribution in [3.8, 4) is 0 Å². The second-order valence-corrected chi connectivity index (χ2v) is 11.4. The Morgan fingerprint density at radius 1 is 0.900 bits per heavy atom. The molecule has 0 aliphatic carbocycles. The first-order valence-corrected chi connectivity index (χ1v) is 16.0. The highest BCUT2D eigenvalue weighted by Crippen LogP contribution is 2.22. The Bertz CT molecular complexity index is 2030. The van der Waals surface area contributed by atoms with E-state index < -0.39 is 12.1 Å². The summed E-state index contributed by atoms with van der Waals surface area (Å²) in [7, 11) is 1.90. The largest absolute Gasteiger partial charge is 0.459 e. The standard InChI is InChI=1S/C36H39N9O5/c1-6-49-36(48)43-34(37)25-10-13-27(14-11-25)39-20-32-42-28-19-26(12-15-30(28)44(32)5)35(47)45(31-9-7-8-17-38-31)18-16-33(46)50-21-29-24(4)40-22(2)23(3)41-29/h7-15,17,19,39H,6,16,18,20-21H2,1-5H3,(H2,37,43,48). The Hall–Kier alpha value is -6.18. The average molecular weight is 678 g/mol. The van der Waals surface area contributed by atoms with E-state index in [0.717, 1.165) is 28.4 Å². The minimum absolute atomic E-state index is 0.00547. The fraction of sp³-hybridized carbons (Fsp3) is 0.278. The van der Waals surface area contributed by atoms with Gasteiger partial charge >= 0.3 is 12.1 Å². The maximum atomic E-state index is 13.9. The van der Waals surface area contributed by atoms with Crippen LogP contribution in [-0.2, 0) is 34.5 Å². The first-order chi connectivity index (χ1) is 24.0. The summed E-state index contributed by atoms with van der Waals surface area (Å²) in [5.41, 5.74) is 6.09. The second kappa shape index (κ2) is 15.8. The summed E-state index contributed by atoms with van der Waals surface area (Å²) in [6.07, 6.45) is 0.867. The van der Waals surface area contributed by atoms with Gasteiger partial charge in [-0.25, -0.2) is 14.8 Å². The number of hydrogen-bond acceptors (Lipinski definition) is 11. The molecular weight excluding hydrogens is 638 g/mol. The first kappa shape index (κ1) is 35.1. The quantitative estimate of drug-likeness (QED) is 0.0909. The number of fused-ring (bicyclic) bond motifs is 1. The van der Waals surface area contributed by atoms with E-state index in [1.807, 2.05) is 38.5 Å². The van der Waals surface area contributed by atoms with Gasteiger partial charge in [-0.2, -0.15) is 0 Å². The second-order valence-electron chi connectivity index (χ2n) is 11.4. The van der Waals surface area contributed by atoms with Crippen LogP contribution < -0.4 is 15.5 Å². The van der Waals surface area contributed by atoms with Crippen molar-refractivity contribution >= 4 is 46.3 Å². The Labute approximate surface area is 289 Å². The number of benzene rings is 2. The number of aromatic nitrogens is 5. The molecule has 2 amide bonds. The van der Waals surface area contributed by atoms with E-state index >= 15 is 0 Å². The molecule has 5 aromatic rings. The van der Waals surface area contributed by atoms with Gasteiger partial charge in [-0.05, 0) is 82.3 Å². The first-order valence-electron chi connectivity index (χ1n) is 16.0. The number of amidine groups is 1. The lowest BCUT2D eigenvalue weighted by Gasteiger charge is -2.21. The van der Waals surface area contributed by atoms with Crippen LogP contribution in [-0.4, -0.2) is 61.5 Å². The molecule has 2 aromatic carbocycles. The lowest BCUT2D eigenvalue weighted by atomic mass is 10.1. The Morgan fingerprint density at radius 2 is 1.64 bits per heavy atom. The third-order valence-electron chi connectivity index (χ3n) is 8.01. The van der Waals surface area contributed by atoms with E-state index in [2.05, 4.69) is 25.6 Å². The molecule has 14 nitrogen and oxygen atoms in total. The van der Waals surface area contributed by atoms with Crippen molar-refractivity contribution in [3.05, 3.63) is 107 Å². The SMILES string of the molecule is CCOC(=O)NC(=N)c1ccc(NCc2nc3cc(C(=O)N(CCC(=O)OCc4nc(C)c(C)nc4C)c4ccccn4)ccc3n2C)cc1. The van der Waals surface area contributed by atoms with E-state index in [4.69, 9.17) is 19.9 Å². The summed E-state index contributed by atoms with van der Waals surface area (Å²) in [5.74, 6) is 0.277. The Morgan fingerprint density at radius 3 is 2.36 bits per heavy atom. The molecule has 14 heteroatoms. The van der Waals surface area contributed by atoms with Gasteiger partial charge in [0.05, 0.1) is 53.4 Å². The molecular formula is C36H39N9O5. The Balaban J connectivity index is 1.25. The zero-order valence-corrected chi connectivity index (χ0v) is 28.6. The van der Waals surface area contributed by atoms with Crippen LogP contribution in [0.5, 0.6) is 0 Å². The molecule has 0 saturated carbocycles. The van der Waals surface area contributed by atoms with Crippen LogP contribution in [0.4, 0.5) is 16.3 Å². The monoisotopic (exact) mass is 677 g/mol. The van der Waals surface area contributed by atoms with Gasteiger partial charge in [0.25, 0.3) is 5.91 Å². The summed E-state index contributed by atoms with van der Waals surface area (Å²) in [4.78, 5) is 57.8. The summed E-state index contributed by atoms with van der Waals surface area (Å²) < 4.78 is 12.3. The predicted octanol–water partition coefficient (Wildman–Crippen LogP) is 5.15. The number of carbonyl (C=O) groups excluding carboxylic acids is 3. The number of nitrogens with one attached hydrogen (secondary N) is 3. The molecule has 3 heterocycles. The number of pyridine rings is 1.